The summed E-state index contributed by atoms with van der Waals surface area (Å²) in [5.41, 5.74) is 0. The van der Waals surface area contributed by atoms with Crippen molar-refractivity contribution < 1.29 is 13.2 Å². The van der Waals surface area contributed by atoms with Crippen molar-refractivity contribution in [1.82, 2.24) is 9.62 Å². The number of aryl methyl sites for hydroxylation is 1. The van der Waals surface area contributed by atoms with Crippen molar-refractivity contribution in [2.24, 2.45) is 0 Å². The van der Waals surface area contributed by atoms with Crippen molar-refractivity contribution >= 4 is 27.3 Å². The summed E-state index contributed by atoms with van der Waals surface area (Å²) in [6, 6.07) is 3.82. The Morgan fingerprint density at radius 2 is 2.19 bits per heavy atom. The van der Waals surface area contributed by atoms with Gasteiger partial charge in [-0.1, -0.05) is 6.92 Å². The number of hydrogen-bond donors (Lipinski definition) is 1. The first-order valence-corrected chi connectivity index (χ1v) is 9.96. The van der Waals surface area contributed by atoms with Crippen LogP contribution in [-0.4, -0.2) is 44.6 Å². The number of hydrogen-bond acceptors (Lipinski definition) is 4. The molecule has 1 amide bonds. The van der Waals surface area contributed by atoms with Gasteiger partial charge in [0.25, 0.3) is 5.91 Å². The van der Waals surface area contributed by atoms with E-state index in [1.165, 1.54) is 16.2 Å². The predicted octanol–water partition coefficient (Wildman–Crippen LogP) is 1.85. The largest absolute Gasteiger partial charge is 0.334 e. The molecule has 2 rings (SSSR count). The third-order valence-corrected chi connectivity index (χ3v) is 5.60. The van der Waals surface area contributed by atoms with Crippen molar-refractivity contribution in [3.05, 3.63) is 21.9 Å². The van der Waals surface area contributed by atoms with Gasteiger partial charge in [-0.15, -0.1) is 11.3 Å². The molecule has 1 saturated heterocycles. The van der Waals surface area contributed by atoms with Crippen molar-refractivity contribution in [3.63, 3.8) is 0 Å². The lowest BCUT2D eigenvalue weighted by Gasteiger charge is -2.35. The highest BCUT2D eigenvalue weighted by atomic mass is 32.2. The fourth-order valence-corrected chi connectivity index (χ4v) is 3.95. The van der Waals surface area contributed by atoms with Crippen LogP contribution in [0.25, 0.3) is 0 Å². The van der Waals surface area contributed by atoms with Crippen molar-refractivity contribution in [1.29, 1.82) is 0 Å². The fourth-order valence-electron chi connectivity index (χ4n) is 2.55. The zero-order valence-electron chi connectivity index (χ0n) is 12.5. The molecule has 1 aliphatic heterocycles. The first kappa shape index (κ1) is 16.5. The van der Waals surface area contributed by atoms with Gasteiger partial charge in [-0.2, -0.15) is 0 Å². The zero-order valence-corrected chi connectivity index (χ0v) is 14.1. The van der Waals surface area contributed by atoms with Gasteiger partial charge in [0.2, 0.25) is 10.0 Å². The topological polar surface area (TPSA) is 66.5 Å². The summed E-state index contributed by atoms with van der Waals surface area (Å²) >= 11 is 1.53. The van der Waals surface area contributed by atoms with Gasteiger partial charge >= 0.3 is 0 Å². The summed E-state index contributed by atoms with van der Waals surface area (Å²) in [4.78, 5) is 16.4. The molecule has 2 heterocycles. The van der Waals surface area contributed by atoms with E-state index in [0.717, 1.165) is 36.8 Å². The summed E-state index contributed by atoms with van der Waals surface area (Å²) in [5, 5.41) is 0. The molecule has 118 valence electrons. The van der Waals surface area contributed by atoms with E-state index < -0.39 is 10.0 Å². The van der Waals surface area contributed by atoms with Crippen molar-refractivity contribution in [3.8, 4) is 0 Å². The molecule has 0 aromatic carbocycles. The molecular weight excluding hydrogens is 308 g/mol. The molecule has 1 aromatic rings. The van der Waals surface area contributed by atoms with E-state index in [1.54, 1.807) is 0 Å². The molecule has 1 atom stereocenters. The second-order valence-electron chi connectivity index (χ2n) is 5.39. The van der Waals surface area contributed by atoms with Crippen LogP contribution in [0, 0.1) is 0 Å². The number of rotatable bonds is 5. The molecule has 0 aliphatic carbocycles. The lowest BCUT2D eigenvalue weighted by molar-refractivity contribution is 0.0624. The van der Waals surface area contributed by atoms with Crippen LogP contribution in [0.1, 0.15) is 40.7 Å². The molecule has 1 N–H and O–H groups in total. The van der Waals surface area contributed by atoms with Crippen LogP contribution < -0.4 is 4.72 Å². The van der Waals surface area contributed by atoms with Gasteiger partial charge in [-0.05, 0) is 37.8 Å². The molecular formula is C14H22N2O3S2. The van der Waals surface area contributed by atoms with Crippen LogP contribution >= 0.6 is 11.3 Å². The summed E-state index contributed by atoms with van der Waals surface area (Å²) in [6.07, 6.45) is 4.93. The Morgan fingerprint density at radius 1 is 1.43 bits per heavy atom. The van der Waals surface area contributed by atoms with Gasteiger partial charge in [0.15, 0.2) is 0 Å². The standard InChI is InChI=1S/C14H22N2O3S2/c1-3-12-7-8-13(20-12)14(17)16-9-5-4-6-11(16)10-15-21(2,18)19/h7-8,11,15H,3-6,9-10H2,1-2H3/t11-/m0/s1. The normalized spacial score (nSPS) is 19.7. The van der Waals surface area contributed by atoms with E-state index in [-0.39, 0.29) is 11.9 Å². The minimum absolute atomic E-state index is 0.0275. The Hall–Kier alpha value is -0.920. The first-order valence-electron chi connectivity index (χ1n) is 7.25. The van der Waals surface area contributed by atoms with E-state index in [2.05, 4.69) is 11.6 Å². The Labute approximate surface area is 130 Å². The molecule has 21 heavy (non-hydrogen) atoms. The number of carbonyl (C=O) groups excluding carboxylic acids is 1. The highest BCUT2D eigenvalue weighted by Gasteiger charge is 2.28. The molecule has 5 nitrogen and oxygen atoms in total. The van der Waals surface area contributed by atoms with Gasteiger partial charge in [0.05, 0.1) is 11.1 Å². The van der Waals surface area contributed by atoms with Crippen LogP contribution in [0.15, 0.2) is 12.1 Å². The summed E-state index contributed by atoms with van der Waals surface area (Å²) in [6.45, 7) is 3.07. The van der Waals surface area contributed by atoms with Gasteiger partial charge < -0.3 is 4.90 Å². The van der Waals surface area contributed by atoms with E-state index in [1.807, 2.05) is 17.0 Å². The maximum absolute atomic E-state index is 12.6. The van der Waals surface area contributed by atoms with E-state index in [0.29, 0.717) is 13.1 Å². The molecule has 1 fully saturated rings. The van der Waals surface area contributed by atoms with Crippen molar-refractivity contribution in [2.75, 3.05) is 19.3 Å². The second kappa shape index (κ2) is 6.89. The quantitative estimate of drug-likeness (QED) is 0.896. The number of thiophene rings is 1. The summed E-state index contributed by atoms with van der Waals surface area (Å²) in [5.74, 6) is 0.0275. The lowest BCUT2D eigenvalue weighted by Crippen LogP contribution is -2.49. The maximum Gasteiger partial charge on any atom is 0.264 e. The predicted molar refractivity (Wildman–Crippen MR) is 85.2 cm³/mol. The minimum atomic E-state index is -3.22. The number of sulfonamides is 1. The van der Waals surface area contributed by atoms with E-state index in [4.69, 9.17) is 0 Å². The molecule has 1 aromatic heterocycles. The number of piperidine rings is 1. The third-order valence-electron chi connectivity index (χ3n) is 3.69. The van der Waals surface area contributed by atoms with E-state index >= 15 is 0 Å². The Balaban J connectivity index is 2.08. The van der Waals surface area contributed by atoms with Crippen LogP contribution in [-0.2, 0) is 16.4 Å². The number of nitrogens with one attached hydrogen (secondary N) is 1. The number of amides is 1. The van der Waals surface area contributed by atoms with Crippen LogP contribution in [0.3, 0.4) is 0 Å². The number of nitrogens with zero attached hydrogens (tertiary/aromatic N) is 1. The van der Waals surface area contributed by atoms with Crippen LogP contribution in [0.5, 0.6) is 0 Å². The Bertz CT molecular complexity index is 595. The van der Waals surface area contributed by atoms with Gasteiger partial charge in [0.1, 0.15) is 0 Å². The molecule has 0 radical (unpaired) electrons. The summed E-state index contributed by atoms with van der Waals surface area (Å²) < 4.78 is 25.0. The number of carbonyl (C=O) groups is 1. The van der Waals surface area contributed by atoms with Gasteiger partial charge in [0, 0.05) is 24.0 Å². The molecule has 7 heteroatoms. The highest BCUT2D eigenvalue weighted by Crippen LogP contribution is 2.23. The van der Waals surface area contributed by atoms with Crippen LogP contribution in [0.4, 0.5) is 0 Å². The van der Waals surface area contributed by atoms with Gasteiger partial charge in [-0.25, -0.2) is 13.1 Å². The third kappa shape index (κ3) is 4.52. The second-order valence-corrected chi connectivity index (χ2v) is 8.39. The average molecular weight is 330 g/mol. The Kier molecular flexibility index (Phi) is 5.40. The molecule has 0 saturated carbocycles. The monoisotopic (exact) mass is 330 g/mol. The van der Waals surface area contributed by atoms with Gasteiger partial charge in [-0.3, -0.25) is 4.79 Å². The van der Waals surface area contributed by atoms with E-state index in [9.17, 15) is 13.2 Å². The maximum atomic E-state index is 12.6. The SMILES string of the molecule is CCc1ccc(C(=O)N2CCCC[C@H]2CNS(C)(=O)=O)s1. The fraction of sp³-hybridized carbons (Fsp3) is 0.643. The summed E-state index contributed by atoms with van der Waals surface area (Å²) in [7, 11) is -3.22. The molecule has 0 spiro atoms. The average Bonchev–Trinajstić information content (AvgIpc) is 2.93. The smallest absolute Gasteiger partial charge is 0.264 e. The molecule has 0 bridgehead atoms. The first-order chi connectivity index (χ1) is 9.90. The Morgan fingerprint density at radius 3 is 2.81 bits per heavy atom. The molecule has 0 unspecified atom stereocenters. The highest BCUT2D eigenvalue weighted by molar-refractivity contribution is 7.88. The lowest BCUT2D eigenvalue weighted by atomic mass is 10.0. The zero-order chi connectivity index (χ0) is 15.5. The van der Waals surface area contributed by atoms with Crippen LogP contribution in [0.2, 0.25) is 0 Å². The minimum Gasteiger partial charge on any atom is -0.334 e. The molecule has 1 aliphatic rings. The van der Waals surface area contributed by atoms with Crippen molar-refractivity contribution in [2.45, 2.75) is 38.6 Å². The number of likely N-dealkylation sites (tertiary alicyclic amines) is 1.